The zero-order valence-corrected chi connectivity index (χ0v) is 13.5. The molecule has 1 heterocycles. The summed E-state index contributed by atoms with van der Waals surface area (Å²) in [5.74, 6) is 0.338. The van der Waals surface area contributed by atoms with Gasteiger partial charge in [0.25, 0.3) is 0 Å². The van der Waals surface area contributed by atoms with Gasteiger partial charge in [-0.3, -0.25) is 4.79 Å². The lowest BCUT2D eigenvalue weighted by Crippen LogP contribution is -2.09. The Balaban J connectivity index is 1.79. The van der Waals surface area contributed by atoms with Crippen molar-refractivity contribution in [2.45, 2.75) is 0 Å². The minimum atomic E-state index is -0.460. The van der Waals surface area contributed by atoms with Crippen molar-refractivity contribution in [2.75, 3.05) is 26.4 Å². The second-order valence-electron chi connectivity index (χ2n) is 5.31. The Morgan fingerprint density at radius 1 is 0.960 bits per heavy atom. The smallest absolute Gasteiger partial charge is 0.235 e. The Labute approximate surface area is 143 Å². The van der Waals surface area contributed by atoms with E-state index in [0.29, 0.717) is 35.5 Å². The first kappa shape index (κ1) is 17.0. The molecule has 0 aliphatic heterocycles. The van der Waals surface area contributed by atoms with Gasteiger partial charge < -0.3 is 24.1 Å². The zero-order valence-electron chi connectivity index (χ0n) is 13.5. The van der Waals surface area contributed by atoms with Gasteiger partial charge in [-0.05, 0) is 36.4 Å². The van der Waals surface area contributed by atoms with Crippen molar-refractivity contribution in [2.24, 2.45) is 0 Å². The SMILES string of the molecule is O=c1c(O)c(-c2ccc(OCCOCCO)cc2)oc2ccccc12. The molecular weight excluding hydrogens is 324 g/mol. The van der Waals surface area contributed by atoms with Crippen molar-refractivity contribution < 1.29 is 24.1 Å². The van der Waals surface area contributed by atoms with Gasteiger partial charge in [0, 0.05) is 5.56 Å². The first-order valence-corrected chi connectivity index (χ1v) is 7.87. The van der Waals surface area contributed by atoms with E-state index in [-0.39, 0.29) is 19.0 Å². The van der Waals surface area contributed by atoms with Crippen LogP contribution in [0, 0.1) is 0 Å². The van der Waals surface area contributed by atoms with Crippen molar-refractivity contribution in [3.05, 3.63) is 58.8 Å². The summed E-state index contributed by atoms with van der Waals surface area (Å²) in [6, 6.07) is 13.6. The van der Waals surface area contributed by atoms with Crippen LogP contribution in [0.4, 0.5) is 0 Å². The molecule has 0 spiro atoms. The second kappa shape index (κ2) is 7.83. The third-order valence-electron chi connectivity index (χ3n) is 3.62. The molecule has 3 aromatic rings. The standard InChI is InChI=1S/C19H18O6/c20-9-10-23-11-12-24-14-7-5-13(6-8-14)19-18(22)17(21)15-3-1-2-4-16(15)25-19/h1-8,20,22H,9-12H2. The molecule has 130 valence electrons. The van der Waals surface area contributed by atoms with E-state index in [4.69, 9.17) is 19.0 Å². The fourth-order valence-corrected chi connectivity index (χ4v) is 2.42. The van der Waals surface area contributed by atoms with Gasteiger partial charge in [0.05, 0.1) is 25.2 Å². The van der Waals surface area contributed by atoms with E-state index < -0.39 is 11.2 Å². The summed E-state index contributed by atoms with van der Waals surface area (Å²) in [5, 5.41) is 19.1. The largest absolute Gasteiger partial charge is 0.502 e. The third kappa shape index (κ3) is 3.81. The number of para-hydroxylation sites is 1. The number of aliphatic hydroxyl groups excluding tert-OH is 1. The number of ether oxygens (including phenoxy) is 2. The molecule has 3 rings (SSSR count). The molecule has 0 saturated heterocycles. The van der Waals surface area contributed by atoms with Gasteiger partial charge in [-0.2, -0.15) is 0 Å². The molecular formula is C19H18O6. The first-order valence-electron chi connectivity index (χ1n) is 7.87. The average molecular weight is 342 g/mol. The first-order chi connectivity index (χ1) is 12.2. The zero-order chi connectivity index (χ0) is 17.6. The lowest BCUT2D eigenvalue weighted by molar-refractivity contribution is 0.0705. The maximum atomic E-state index is 12.3. The number of hydrogen-bond donors (Lipinski definition) is 2. The molecule has 0 bridgehead atoms. The molecule has 2 N–H and O–H groups in total. The maximum Gasteiger partial charge on any atom is 0.235 e. The molecule has 1 aromatic heterocycles. The Morgan fingerprint density at radius 3 is 2.48 bits per heavy atom. The molecule has 2 aromatic carbocycles. The van der Waals surface area contributed by atoms with Gasteiger partial charge in [0.15, 0.2) is 5.76 Å². The summed E-state index contributed by atoms with van der Waals surface area (Å²) >= 11 is 0. The summed E-state index contributed by atoms with van der Waals surface area (Å²) in [4.78, 5) is 12.3. The van der Waals surface area contributed by atoms with E-state index in [1.807, 2.05) is 0 Å². The quantitative estimate of drug-likeness (QED) is 0.642. The van der Waals surface area contributed by atoms with Crippen molar-refractivity contribution >= 4 is 11.0 Å². The van der Waals surface area contributed by atoms with Gasteiger partial charge in [-0.1, -0.05) is 12.1 Å². The van der Waals surface area contributed by atoms with Crippen LogP contribution < -0.4 is 10.2 Å². The topological polar surface area (TPSA) is 89.1 Å². The molecule has 0 atom stereocenters. The van der Waals surface area contributed by atoms with E-state index >= 15 is 0 Å². The normalized spacial score (nSPS) is 10.9. The van der Waals surface area contributed by atoms with Crippen LogP contribution in [0.2, 0.25) is 0 Å². The summed E-state index contributed by atoms with van der Waals surface area (Å²) in [6.07, 6.45) is 0. The molecule has 6 nitrogen and oxygen atoms in total. The third-order valence-corrected chi connectivity index (χ3v) is 3.62. The number of hydrogen-bond acceptors (Lipinski definition) is 6. The maximum absolute atomic E-state index is 12.3. The van der Waals surface area contributed by atoms with Gasteiger partial charge in [-0.15, -0.1) is 0 Å². The van der Waals surface area contributed by atoms with Crippen LogP contribution in [-0.4, -0.2) is 36.6 Å². The highest BCUT2D eigenvalue weighted by molar-refractivity contribution is 5.81. The molecule has 0 unspecified atom stereocenters. The summed E-state index contributed by atoms with van der Waals surface area (Å²) in [7, 11) is 0. The van der Waals surface area contributed by atoms with Crippen LogP contribution in [-0.2, 0) is 4.74 Å². The predicted octanol–water partition coefficient (Wildman–Crippen LogP) is 2.55. The lowest BCUT2D eigenvalue weighted by atomic mass is 10.1. The van der Waals surface area contributed by atoms with E-state index in [2.05, 4.69) is 0 Å². The van der Waals surface area contributed by atoms with E-state index in [1.165, 1.54) is 0 Å². The monoisotopic (exact) mass is 342 g/mol. The number of aromatic hydroxyl groups is 1. The Kier molecular flexibility index (Phi) is 5.33. The molecule has 0 aliphatic carbocycles. The van der Waals surface area contributed by atoms with Gasteiger partial charge >= 0.3 is 0 Å². The molecule has 0 fully saturated rings. The van der Waals surface area contributed by atoms with Crippen molar-refractivity contribution in [3.63, 3.8) is 0 Å². The summed E-state index contributed by atoms with van der Waals surface area (Å²) < 4.78 is 16.3. The Morgan fingerprint density at radius 2 is 1.72 bits per heavy atom. The summed E-state index contributed by atoms with van der Waals surface area (Å²) in [6.45, 7) is 0.996. The molecule has 0 radical (unpaired) electrons. The highest BCUT2D eigenvalue weighted by Gasteiger charge is 2.14. The minimum absolute atomic E-state index is 0.0187. The van der Waals surface area contributed by atoms with Crippen LogP contribution in [0.25, 0.3) is 22.3 Å². The fourth-order valence-electron chi connectivity index (χ4n) is 2.42. The molecule has 0 saturated carbocycles. The predicted molar refractivity (Wildman–Crippen MR) is 93.0 cm³/mol. The number of fused-ring (bicyclic) bond motifs is 1. The highest BCUT2D eigenvalue weighted by atomic mass is 16.5. The Bertz CT molecular complexity index is 898. The highest BCUT2D eigenvalue weighted by Crippen LogP contribution is 2.30. The van der Waals surface area contributed by atoms with Gasteiger partial charge in [0.1, 0.15) is 17.9 Å². The lowest BCUT2D eigenvalue weighted by Gasteiger charge is -2.08. The van der Waals surface area contributed by atoms with Crippen LogP contribution in [0.5, 0.6) is 11.5 Å². The van der Waals surface area contributed by atoms with E-state index in [0.717, 1.165) is 0 Å². The molecule has 6 heteroatoms. The van der Waals surface area contributed by atoms with E-state index in [9.17, 15) is 9.90 Å². The second-order valence-corrected chi connectivity index (χ2v) is 5.31. The molecule has 25 heavy (non-hydrogen) atoms. The molecule has 0 amide bonds. The minimum Gasteiger partial charge on any atom is -0.502 e. The van der Waals surface area contributed by atoms with E-state index in [1.54, 1.807) is 48.5 Å². The van der Waals surface area contributed by atoms with Crippen LogP contribution >= 0.6 is 0 Å². The number of aliphatic hydroxyl groups is 1. The Hall–Kier alpha value is -2.83. The van der Waals surface area contributed by atoms with Crippen molar-refractivity contribution in [1.82, 2.24) is 0 Å². The average Bonchev–Trinajstić information content (AvgIpc) is 2.65. The number of rotatable bonds is 7. The molecule has 0 aliphatic rings. The van der Waals surface area contributed by atoms with Crippen LogP contribution in [0.15, 0.2) is 57.7 Å². The van der Waals surface area contributed by atoms with Crippen molar-refractivity contribution in [3.8, 4) is 22.8 Å². The van der Waals surface area contributed by atoms with Crippen molar-refractivity contribution in [1.29, 1.82) is 0 Å². The van der Waals surface area contributed by atoms with Crippen LogP contribution in [0.1, 0.15) is 0 Å². The fraction of sp³-hybridized carbons (Fsp3) is 0.211. The van der Waals surface area contributed by atoms with Crippen LogP contribution in [0.3, 0.4) is 0 Å². The number of benzene rings is 2. The summed E-state index contributed by atoms with van der Waals surface area (Å²) in [5.41, 5.74) is 0.532. The van der Waals surface area contributed by atoms with Gasteiger partial charge in [0.2, 0.25) is 11.2 Å². The van der Waals surface area contributed by atoms with Gasteiger partial charge in [-0.25, -0.2) is 0 Å².